The van der Waals surface area contributed by atoms with Crippen molar-refractivity contribution < 1.29 is 9.23 Å². The summed E-state index contributed by atoms with van der Waals surface area (Å²) in [5, 5.41) is 1.30. The predicted octanol–water partition coefficient (Wildman–Crippen LogP) is 1.79. The summed E-state index contributed by atoms with van der Waals surface area (Å²) in [5.74, 6) is -0.629. The van der Waals surface area contributed by atoms with E-state index in [1.165, 1.54) is 11.1 Å². The number of anilines is 3. The minimum absolute atomic E-state index is 0.116. The molecule has 0 saturated carbocycles. The van der Waals surface area contributed by atoms with E-state index < -0.39 is 5.82 Å². The highest BCUT2D eigenvalue weighted by atomic mass is 35.5. The molecule has 1 fully saturated rings. The van der Waals surface area contributed by atoms with Crippen molar-refractivity contribution in [1.82, 2.24) is 0 Å². The van der Waals surface area contributed by atoms with Crippen LogP contribution in [0.2, 0.25) is 5.02 Å². The average Bonchev–Trinajstić information content (AvgIpc) is 2.68. The Morgan fingerprint density at radius 2 is 2.13 bits per heavy atom. The predicted molar refractivity (Wildman–Crippen MR) is 58.1 cm³/mol. The number of nitrogens with two attached hydrogens (primary N) is 2. The van der Waals surface area contributed by atoms with Crippen LogP contribution in [0.5, 0.6) is 0 Å². The lowest BCUT2D eigenvalue weighted by Gasteiger charge is -2.20. The first-order chi connectivity index (χ1) is 7.11. The first-order valence-electron chi connectivity index (χ1n) is 4.54. The van der Waals surface area contributed by atoms with Gasteiger partial charge in [-0.2, -0.15) is 0 Å². The molecule has 82 valence electrons. The molecule has 1 heterocycles. The number of benzene rings is 1. The van der Waals surface area contributed by atoms with Gasteiger partial charge in [0, 0.05) is 6.54 Å². The van der Waals surface area contributed by atoms with Crippen LogP contribution in [-0.4, -0.2) is 13.2 Å². The molecule has 0 aromatic heterocycles. The smallest absolute Gasteiger partial charge is 0.171 e. The van der Waals surface area contributed by atoms with E-state index in [0.29, 0.717) is 13.2 Å². The molecule has 0 amide bonds. The van der Waals surface area contributed by atoms with E-state index in [9.17, 15) is 4.39 Å². The molecular formula is C9H11ClFN3O. The molecule has 15 heavy (non-hydrogen) atoms. The molecule has 1 aromatic rings. The van der Waals surface area contributed by atoms with E-state index in [4.69, 9.17) is 27.9 Å². The Kier molecular flexibility index (Phi) is 2.58. The quantitative estimate of drug-likeness (QED) is 0.724. The fourth-order valence-corrected chi connectivity index (χ4v) is 1.68. The zero-order chi connectivity index (χ0) is 11.0. The van der Waals surface area contributed by atoms with Gasteiger partial charge in [-0.3, -0.25) is 4.84 Å². The first kappa shape index (κ1) is 10.3. The van der Waals surface area contributed by atoms with Crippen molar-refractivity contribution in [2.24, 2.45) is 0 Å². The summed E-state index contributed by atoms with van der Waals surface area (Å²) in [6.07, 6.45) is 0.834. The van der Waals surface area contributed by atoms with Gasteiger partial charge in [0.2, 0.25) is 0 Å². The Morgan fingerprint density at radius 1 is 1.40 bits per heavy atom. The van der Waals surface area contributed by atoms with Crippen molar-refractivity contribution in [1.29, 1.82) is 0 Å². The summed E-state index contributed by atoms with van der Waals surface area (Å²) >= 11 is 5.70. The normalized spacial score (nSPS) is 16.0. The standard InChI is InChI=1S/C9H11ClFN3O/c10-7-5(12)4-6(13)9(8(7)11)14-2-1-3-15-14/h4H,1-3,12-13H2. The van der Waals surface area contributed by atoms with E-state index in [0.717, 1.165) is 6.42 Å². The van der Waals surface area contributed by atoms with Crippen molar-refractivity contribution in [2.45, 2.75) is 6.42 Å². The number of hydrogen-bond donors (Lipinski definition) is 2. The third-order valence-electron chi connectivity index (χ3n) is 2.24. The molecule has 0 unspecified atom stereocenters. The van der Waals surface area contributed by atoms with Crippen molar-refractivity contribution in [3.8, 4) is 0 Å². The molecule has 1 aliphatic heterocycles. The molecule has 2 rings (SSSR count). The van der Waals surface area contributed by atoms with Gasteiger partial charge in [-0.1, -0.05) is 11.6 Å². The minimum Gasteiger partial charge on any atom is -0.397 e. The van der Waals surface area contributed by atoms with Gasteiger partial charge in [0.05, 0.1) is 18.0 Å². The topological polar surface area (TPSA) is 64.5 Å². The van der Waals surface area contributed by atoms with Gasteiger partial charge >= 0.3 is 0 Å². The maximum absolute atomic E-state index is 13.8. The van der Waals surface area contributed by atoms with Crippen LogP contribution in [0.15, 0.2) is 6.07 Å². The number of hydrogen-bond acceptors (Lipinski definition) is 4. The maximum atomic E-state index is 13.8. The molecular weight excluding hydrogens is 221 g/mol. The number of nitrogen functional groups attached to an aromatic ring is 2. The second-order valence-corrected chi connectivity index (χ2v) is 3.70. The van der Waals surface area contributed by atoms with Crippen LogP contribution in [0.3, 0.4) is 0 Å². The van der Waals surface area contributed by atoms with E-state index in [2.05, 4.69) is 0 Å². The fourth-order valence-electron chi connectivity index (χ4n) is 1.53. The van der Waals surface area contributed by atoms with Gasteiger partial charge in [-0.05, 0) is 12.5 Å². The van der Waals surface area contributed by atoms with Crippen LogP contribution in [0.25, 0.3) is 0 Å². The molecule has 0 bridgehead atoms. The molecule has 4 nitrogen and oxygen atoms in total. The molecule has 0 aliphatic carbocycles. The van der Waals surface area contributed by atoms with Gasteiger partial charge in [-0.15, -0.1) is 0 Å². The Bertz CT molecular complexity index is 393. The fraction of sp³-hybridized carbons (Fsp3) is 0.333. The molecule has 0 radical (unpaired) electrons. The summed E-state index contributed by atoms with van der Waals surface area (Å²) in [6, 6.07) is 1.43. The monoisotopic (exact) mass is 231 g/mol. The minimum atomic E-state index is -0.629. The highest BCUT2D eigenvalue weighted by molar-refractivity contribution is 6.33. The van der Waals surface area contributed by atoms with Crippen molar-refractivity contribution in [2.75, 3.05) is 29.7 Å². The van der Waals surface area contributed by atoms with Crippen LogP contribution in [-0.2, 0) is 4.84 Å². The van der Waals surface area contributed by atoms with Crippen molar-refractivity contribution >= 4 is 28.7 Å². The third-order valence-corrected chi connectivity index (χ3v) is 2.62. The lowest BCUT2D eigenvalue weighted by Crippen LogP contribution is -2.19. The maximum Gasteiger partial charge on any atom is 0.171 e. The number of halogens is 2. The van der Waals surface area contributed by atoms with Crippen LogP contribution < -0.4 is 16.5 Å². The second kappa shape index (κ2) is 3.75. The largest absolute Gasteiger partial charge is 0.397 e. The van der Waals surface area contributed by atoms with E-state index in [-0.39, 0.29) is 22.1 Å². The van der Waals surface area contributed by atoms with Crippen molar-refractivity contribution in [3.05, 3.63) is 16.9 Å². The SMILES string of the molecule is Nc1cc(N)c(N2CCCO2)c(F)c1Cl. The molecule has 0 atom stereocenters. The Labute approximate surface area is 91.5 Å². The van der Waals surface area contributed by atoms with Crippen LogP contribution in [0.4, 0.5) is 21.5 Å². The molecule has 1 aliphatic rings. The zero-order valence-corrected chi connectivity index (χ0v) is 8.72. The third kappa shape index (κ3) is 1.68. The van der Waals surface area contributed by atoms with Gasteiger partial charge in [0.25, 0.3) is 0 Å². The van der Waals surface area contributed by atoms with E-state index in [1.54, 1.807) is 0 Å². The number of nitrogens with zero attached hydrogens (tertiary/aromatic N) is 1. The number of rotatable bonds is 1. The first-order valence-corrected chi connectivity index (χ1v) is 4.92. The van der Waals surface area contributed by atoms with E-state index >= 15 is 0 Å². The summed E-state index contributed by atoms with van der Waals surface area (Å²) in [5.41, 5.74) is 11.7. The zero-order valence-electron chi connectivity index (χ0n) is 7.96. The van der Waals surface area contributed by atoms with Crippen LogP contribution in [0.1, 0.15) is 6.42 Å². The summed E-state index contributed by atoms with van der Waals surface area (Å²) < 4.78 is 13.8. The highest BCUT2D eigenvalue weighted by Crippen LogP contribution is 2.37. The highest BCUT2D eigenvalue weighted by Gasteiger charge is 2.23. The molecule has 4 N–H and O–H groups in total. The van der Waals surface area contributed by atoms with Crippen molar-refractivity contribution in [3.63, 3.8) is 0 Å². The van der Waals surface area contributed by atoms with Gasteiger partial charge < -0.3 is 11.5 Å². The Morgan fingerprint density at radius 3 is 2.73 bits per heavy atom. The van der Waals surface area contributed by atoms with Crippen LogP contribution in [0, 0.1) is 5.82 Å². The Hall–Kier alpha value is -1.20. The van der Waals surface area contributed by atoms with Gasteiger partial charge in [0.15, 0.2) is 5.82 Å². The lowest BCUT2D eigenvalue weighted by atomic mass is 10.2. The molecule has 1 saturated heterocycles. The second-order valence-electron chi connectivity index (χ2n) is 3.32. The van der Waals surface area contributed by atoms with E-state index in [1.807, 2.05) is 0 Å². The van der Waals surface area contributed by atoms with Crippen LogP contribution >= 0.6 is 11.6 Å². The lowest BCUT2D eigenvalue weighted by molar-refractivity contribution is 0.166. The molecule has 1 aromatic carbocycles. The summed E-state index contributed by atoms with van der Waals surface area (Å²) in [4.78, 5) is 5.21. The average molecular weight is 232 g/mol. The summed E-state index contributed by atoms with van der Waals surface area (Å²) in [6.45, 7) is 1.16. The molecule has 0 spiro atoms. The van der Waals surface area contributed by atoms with Gasteiger partial charge in [-0.25, -0.2) is 9.45 Å². The van der Waals surface area contributed by atoms with Gasteiger partial charge in [0.1, 0.15) is 10.7 Å². The summed E-state index contributed by atoms with van der Waals surface area (Å²) in [7, 11) is 0. The number of hydroxylamine groups is 1. The Balaban J connectivity index is 2.50. The molecule has 6 heteroatoms.